The summed E-state index contributed by atoms with van der Waals surface area (Å²) in [7, 11) is 0. The first kappa shape index (κ1) is 17.1. The van der Waals surface area contributed by atoms with E-state index >= 15 is 0 Å². The zero-order valence-electron chi connectivity index (χ0n) is 14.8. The lowest BCUT2D eigenvalue weighted by Crippen LogP contribution is -2.32. The predicted molar refractivity (Wildman–Crippen MR) is 103 cm³/mol. The summed E-state index contributed by atoms with van der Waals surface area (Å²) < 4.78 is 5.90. The molecule has 2 heterocycles. The Morgan fingerprint density at radius 1 is 1.07 bits per heavy atom. The van der Waals surface area contributed by atoms with E-state index in [9.17, 15) is 10.1 Å². The zero-order valence-corrected chi connectivity index (χ0v) is 14.8. The van der Waals surface area contributed by atoms with Gasteiger partial charge in [-0.2, -0.15) is 5.26 Å². The Balaban J connectivity index is 1.40. The zero-order chi connectivity index (χ0) is 18.6. The molecule has 0 spiro atoms. The Bertz CT molecular complexity index is 988. The van der Waals surface area contributed by atoms with Crippen molar-refractivity contribution in [2.24, 2.45) is 0 Å². The fraction of sp³-hybridized carbons (Fsp3) is 0.182. The standard InChI is InChI=1S/C22H19N3O2/c23-13-16-6-4-5-9-20(16)21-11-10-19(27-21)14-24-17-12-22(26)25(15-17)18-7-2-1-3-8-18/h1-11,17,24H,12,14-15H2/t17-/m1/s1. The number of carbonyl (C=O) groups excluding carboxylic acids is 1. The molecule has 134 valence electrons. The Labute approximate surface area is 157 Å². The van der Waals surface area contributed by atoms with E-state index < -0.39 is 0 Å². The highest BCUT2D eigenvalue weighted by molar-refractivity contribution is 5.96. The maximum atomic E-state index is 12.3. The van der Waals surface area contributed by atoms with Gasteiger partial charge in [0, 0.05) is 30.3 Å². The van der Waals surface area contributed by atoms with Crippen LogP contribution in [0.15, 0.2) is 71.1 Å². The molecule has 1 aromatic heterocycles. The van der Waals surface area contributed by atoms with Crippen molar-refractivity contribution in [3.05, 3.63) is 78.1 Å². The maximum absolute atomic E-state index is 12.3. The lowest BCUT2D eigenvalue weighted by atomic mass is 10.1. The number of nitrogens with zero attached hydrogens (tertiary/aromatic N) is 2. The minimum atomic E-state index is 0.0812. The molecule has 1 saturated heterocycles. The quantitative estimate of drug-likeness (QED) is 0.756. The van der Waals surface area contributed by atoms with Crippen molar-refractivity contribution in [1.82, 2.24) is 5.32 Å². The van der Waals surface area contributed by atoms with Crippen LogP contribution >= 0.6 is 0 Å². The van der Waals surface area contributed by atoms with Crippen LogP contribution in [0.25, 0.3) is 11.3 Å². The number of hydrogen-bond donors (Lipinski definition) is 1. The molecule has 1 aliphatic heterocycles. The lowest BCUT2D eigenvalue weighted by Gasteiger charge is -2.16. The molecule has 1 fully saturated rings. The molecular weight excluding hydrogens is 338 g/mol. The second kappa shape index (κ2) is 7.48. The highest BCUT2D eigenvalue weighted by Gasteiger charge is 2.30. The first-order valence-corrected chi connectivity index (χ1v) is 8.91. The maximum Gasteiger partial charge on any atom is 0.228 e. The molecule has 0 bridgehead atoms. The molecule has 4 rings (SSSR count). The van der Waals surface area contributed by atoms with Crippen molar-refractivity contribution >= 4 is 11.6 Å². The van der Waals surface area contributed by atoms with Crippen LogP contribution in [-0.4, -0.2) is 18.5 Å². The summed E-state index contributed by atoms with van der Waals surface area (Å²) in [5.74, 6) is 1.59. The number of nitrogens with one attached hydrogen (secondary N) is 1. The van der Waals surface area contributed by atoms with E-state index in [0.717, 1.165) is 17.0 Å². The Hall–Kier alpha value is -3.36. The van der Waals surface area contributed by atoms with Gasteiger partial charge in [0.15, 0.2) is 0 Å². The van der Waals surface area contributed by atoms with Gasteiger partial charge in [-0.3, -0.25) is 4.79 Å². The van der Waals surface area contributed by atoms with Crippen molar-refractivity contribution in [2.45, 2.75) is 19.0 Å². The SMILES string of the molecule is N#Cc1ccccc1-c1ccc(CN[C@@H]2CC(=O)N(c3ccccc3)C2)o1. The third-order valence-corrected chi connectivity index (χ3v) is 4.73. The summed E-state index contributed by atoms with van der Waals surface area (Å²) in [6.45, 7) is 1.18. The summed E-state index contributed by atoms with van der Waals surface area (Å²) in [5.41, 5.74) is 2.31. The first-order valence-electron chi connectivity index (χ1n) is 8.91. The molecule has 3 aromatic rings. The summed E-state index contributed by atoms with van der Waals surface area (Å²) in [4.78, 5) is 14.1. The van der Waals surface area contributed by atoms with Crippen LogP contribution in [0.3, 0.4) is 0 Å². The predicted octanol–water partition coefficient (Wildman–Crippen LogP) is 3.71. The lowest BCUT2D eigenvalue weighted by molar-refractivity contribution is -0.117. The third-order valence-electron chi connectivity index (χ3n) is 4.73. The van der Waals surface area contributed by atoms with Crippen LogP contribution in [0.2, 0.25) is 0 Å². The molecule has 0 saturated carbocycles. The second-order valence-corrected chi connectivity index (χ2v) is 6.55. The van der Waals surface area contributed by atoms with E-state index in [1.807, 2.05) is 65.6 Å². The van der Waals surface area contributed by atoms with Gasteiger partial charge < -0.3 is 14.6 Å². The smallest absolute Gasteiger partial charge is 0.228 e. The van der Waals surface area contributed by atoms with Gasteiger partial charge >= 0.3 is 0 Å². The second-order valence-electron chi connectivity index (χ2n) is 6.55. The number of furan rings is 1. The monoisotopic (exact) mass is 357 g/mol. The third kappa shape index (κ3) is 3.62. The topological polar surface area (TPSA) is 69.3 Å². The van der Waals surface area contributed by atoms with Crippen LogP contribution in [0.4, 0.5) is 5.69 Å². The molecule has 0 aliphatic carbocycles. The molecule has 1 aliphatic rings. The molecule has 2 aromatic carbocycles. The van der Waals surface area contributed by atoms with Gasteiger partial charge in [-0.05, 0) is 36.4 Å². The Morgan fingerprint density at radius 2 is 1.85 bits per heavy atom. The number of para-hydroxylation sites is 1. The van der Waals surface area contributed by atoms with E-state index in [0.29, 0.717) is 30.8 Å². The van der Waals surface area contributed by atoms with Crippen molar-refractivity contribution in [3.8, 4) is 17.4 Å². The fourth-order valence-corrected chi connectivity index (χ4v) is 3.36. The van der Waals surface area contributed by atoms with Gasteiger partial charge in [-0.1, -0.05) is 30.3 Å². The van der Waals surface area contributed by atoms with Gasteiger partial charge in [0.25, 0.3) is 0 Å². The highest BCUT2D eigenvalue weighted by atomic mass is 16.3. The van der Waals surface area contributed by atoms with Gasteiger partial charge in [0.05, 0.1) is 18.2 Å². The van der Waals surface area contributed by atoms with Crippen LogP contribution < -0.4 is 10.2 Å². The van der Waals surface area contributed by atoms with Gasteiger partial charge in [-0.25, -0.2) is 0 Å². The number of benzene rings is 2. The number of hydrogen-bond acceptors (Lipinski definition) is 4. The molecule has 0 unspecified atom stereocenters. The number of nitriles is 1. The first-order chi connectivity index (χ1) is 13.2. The van der Waals surface area contributed by atoms with E-state index in [4.69, 9.17) is 4.42 Å². The van der Waals surface area contributed by atoms with E-state index in [1.165, 1.54) is 0 Å². The molecule has 1 atom stereocenters. The minimum absolute atomic E-state index is 0.0812. The average molecular weight is 357 g/mol. The van der Waals surface area contributed by atoms with Crippen LogP contribution in [0.1, 0.15) is 17.7 Å². The summed E-state index contributed by atoms with van der Waals surface area (Å²) in [6.07, 6.45) is 0.472. The van der Waals surface area contributed by atoms with Gasteiger partial charge in [-0.15, -0.1) is 0 Å². The fourth-order valence-electron chi connectivity index (χ4n) is 3.36. The Kier molecular flexibility index (Phi) is 4.73. The number of anilines is 1. The van der Waals surface area contributed by atoms with Crippen molar-refractivity contribution < 1.29 is 9.21 Å². The molecule has 27 heavy (non-hydrogen) atoms. The van der Waals surface area contributed by atoms with Gasteiger partial charge in [0.2, 0.25) is 5.91 Å². The van der Waals surface area contributed by atoms with Crippen molar-refractivity contribution in [2.75, 3.05) is 11.4 Å². The largest absolute Gasteiger partial charge is 0.460 e. The van der Waals surface area contributed by atoms with E-state index in [2.05, 4.69) is 11.4 Å². The van der Waals surface area contributed by atoms with Crippen LogP contribution in [0, 0.1) is 11.3 Å². The number of carbonyl (C=O) groups is 1. The number of amides is 1. The molecule has 5 heteroatoms. The molecular formula is C22H19N3O2. The van der Waals surface area contributed by atoms with Crippen LogP contribution in [0.5, 0.6) is 0 Å². The summed E-state index contributed by atoms with van der Waals surface area (Å²) in [5, 5.41) is 12.6. The molecule has 1 N–H and O–H groups in total. The highest BCUT2D eigenvalue weighted by Crippen LogP contribution is 2.26. The van der Waals surface area contributed by atoms with E-state index in [1.54, 1.807) is 6.07 Å². The minimum Gasteiger partial charge on any atom is -0.460 e. The molecule has 0 radical (unpaired) electrons. The summed E-state index contributed by atoms with van der Waals surface area (Å²) in [6, 6.07) is 23.1. The summed E-state index contributed by atoms with van der Waals surface area (Å²) >= 11 is 0. The van der Waals surface area contributed by atoms with Gasteiger partial charge in [0.1, 0.15) is 11.5 Å². The van der Waals surface area contributed by atoms with E-state index in [-0.39, 0.29) is 11.9 Å². The normalized spacial score (nSPS) is 16.5. The molecule has 5 nitrogen and oxygen atoms in total. The van der Waals surface area contributed by atoms with Crippen LogP contribution in [-0.2, 0) is 11.3 Å². The Morgan fingerprint density at radius 3 is 2.67 bits per heavy atom. The molecule has 1 amide bonds. The van der Waals surface area contributed by atoms with Crippen molar-refractivity contribution in [3.63, 3.8) is 0 Å². The van der Waals surface area contributed by atoms with Crippen molar-refractivity contribution in [1.29, 1.82) is 5.26 Å². The number of rotatable bonds is 5. The average Bonchev–Trinajstić information content (AvgIpc) is 3.33.